The Morgan fingerprint density at radius 3 is 2.56 bits per heavy atom. The molecule has 3 rings (SSSR count). The maximum atomic E-state index is 14.0. The van der Waals surface area contributed by atoms with Crippen LogP contribution in [0.4, 0.5) is 35.0 Å². The molecule has 0 aliphatic heterocycles. The summed E-state index contributed by atoms with van der Waals surface area (Å²) in [6.45, 7) is 0.864. The molecule has 0 fully saturated rings. The van der Waals surface area contributed by atoms with Gasteiger partial charge in [-0.25, -0.2) is 22.5 Å². The summed E-state index contributed by atoms with van der Waals surface area (Å²) in [5.41, 5.74) is -0.0878. The highest BCUT2D eigenvalue weighted by Crippen LogP contribution is 2.19. The van der Waals surface area contributed by atoms with E-state index in [2.05, 4.69) is 31.0 Å². The second-order valence-electron chi connectivity index (χ2n) is 6.79. The summed E-state index contributed by atoms with van der Waals surface area (Å²) in [5.74, 6) is -4.92. The second kappa shape index (κ2) is 10.0. The number of hydrogen-bond acceptors (Lipinski definition) is 7. The second-order valence-corrected chi connectivity index (χ2v) is 6.79. The zero-order chi connectivity index (χ0) is 23.3. The van der Waals surface area contributed by atoms with Gasteiger partial charge in [-0.15, -0.1) is 0 Å². The third kappa shape index (κ3) is 5.91. The van der Waals surface area contributed by atoms with Gasteiger partial charge in [0, 0.05) is 36.5 Å². The summed E-state index contributed by atoms with van der Waals surface area (Å²) in [6, 6.07) is 0.642. The van der Waals surface area contributed by atoms with Gasteiger partial charge >= 0.3 is 0 Å². The smallest absolute Gasteiger partial charge is 0.242 e. The summed E-state index contributed by atoms with van der Waals surface area (Å²) in [7, 11) is 0. The van der Waals surface area contributed by atoms with Crippen LogP contribution < -0.4 is 16.0 Å². The molecule has 0 saturated carbocycles. The standard InChI is InChI=1S/C19H19F4N7O2/c1-10(9-31)27-17(32)8-30-7-12(4-26-30)28-19-25-6-16(23)18(29-19)24-5-13-14(21)2-11(20)3-15(13)22/h2-4,6-7,10,31H,5,8-9H2,1H3,(H,27,32)(H2,24,25,28,29)/t10-/m0/s1. The van der Waals surface area contributed by atoms with E-state index in [9.17, 15) is 22.4 Å². The first kappa shape index (κ1) is 22.9. The van der Waals surface area contributed by atoms with Gasteiger partial charge in [0.25, 0.3) is 0 Å². The Hall–Kier alpha value is -3.74. The number of anilines is 3. The molecular weight excluding hydrogens is 434 g/mol. The molecule has 13 heteroatoms. The lowest BCUT2D eigenvalue weighted by Gasteiger charge is -2.10. The van der Waals surface area contributed by atoms with Crippen molar-refractivity contribution in [2.45, 2.75) is 26.1 Å². The van der Waals surface area contributed by atoms with Gasteiger partial charge in [-0.3, -0.25) is 9.48 Å². The van der Waals surface area contributed by atoms with Crippen molar-refractivity contribution in [3.8, 4) is 0 Å². The number of nitrogens with zero attached hydrogens (tertiary/aromatic N) is 4. The SMILES string of the molecule is C[C@@H](CO)NC(=O)Cn1cc(Nc2ncc(F)c(NCc3c(F)cc(F)cc3F)n2)cn1. The molecule has 9 nitrogen and oxygen atoms in total. The Bertz CT molecular complexity index is 1090. The van der Waals surface area contributed by atoms with Crippen molar-refractivity contribution in [2.75, 3.05) is 17.2 Å². The molecule has 1 atom stereocenters. The van der Waals surface area contributed by atoms with Gasteiger partial charge in [0.2, 0.25) is 11.9 Å². The van der Waals surface area contributed by atoms with Gasteiger partial charge in [0.15, 0.2) is 11.6 Å². The minimum Gasteiger partial charge on any atom is -0.394 e. The van der Waals surface area contributed by atoms with Crippen LogP contribution in [0.1, 0.15) is 12.5 Å². The predicted octanol–water partition coefficient (Wildman–Crippen LogP) is 2.08. The van der Waals surface area contributed by atoms with Crippen molar-refractivity contribution in [3.63, 3.8) is 0 Å². The van der Waals surface area contributed by atoms with Gasteiger partial charge in [-0.05, 0) is 6.92 Å². The number of benzene rings is 1. The molecule has 4 N–H and O–H groups in total. The number of carbonyl (C=O) groups is 1. The first-order valence-electron chi connectivity index (χ1n) is 9.34. The maximum Gasteiger partial charge on any atom is 0.242 e. The quantitative estimate of drug-likeness (QED) is 0.367. The lowest BCUT2D eigenvalue weighted by atomic mass is 10.2. The summed E-state index contributed by atoms with van der Waals surface area (Å²) in [4.78, 5) is 19.5. The number of rotatable bonds is 9. The average Bonchev–Trinajstić information content (AvgIpc) is 3.15. The van der Waals surface area contributed by atoms with Crippen LogP contribution in [-0.2, 0) is 17.9 Å². The fraction of sp³-hybridized carbons (Fsp3) is 0.263. The van der Waals surface area contributed by atoms with Crippen molar-refractivity contribution in [3.05, 3.63) is 59.6 Å². The molecule has 0 radical (unpaired) electrons. The van der Waals surface area contributed by atoms with Crippen LogP contribution in [-0.4, -0.2) is 43.4 Å². The number of halogens is 4. The van der Waals surface area contributed by atoms with E-state index in [1.807, 2.05) is 0 Å². The number of amides is 1. The van der Waals surface area contributed by atoms with E-state index in [0.29, 0.717) is 17.8 Å². The Morgan fingerprint density at radius 1 is 1.16 bits per heavy atom. The number of aliphatic hydroxyl groups excluding tert-OH is 1. The van der Waals surface area contributed by atoms with Gasteiger partial charge in [0.1, 0.15) is 24.0 Å². The molecule has 0 unspecified atom stereocenters. The summed E-state index contributed by atoms with van der Waals surface area (Å²) < 4.78 is 55.9. The normalized spacial score (nSPS) is 11.8. The molecule has 2 heterocycles. The number of aliphatic hydroxyl groups is 1. The lowest BCUT2D eigenvalue weighted by molar-refractivity contribution is -0.122. The number of carbonyl (C=O) groups excluding carboxylic acids is 1. The van der Waals surface area contributed by atoms with Crippen LogP contribution in [0.5, 0.6) is 0 Å². The van der Waals surface area contributed by atoms with E-state index in [-0.39, 0.29) is 30.8 Å². The summed E-state index contributed by atoms with van der Waals surface area (Å²) in [6.07, 6.45) is 3.71. The molecule has 0 aliphatic carbocycles. The van der Waals surface area contributed by atoms with Crippen molar-refractivity contribution in [1.29, 1.82) is 0 Å². The topological polar surface area (TPSA) is 117 Å². The van der Waals surface area contributed by atoms with Crippen molar-refractivity contribution in [1.82, 2.24) is 25.1 Å². The highest BCUT2D eigenvalue weighted by Gasteiger charge is 2.14. The largest absolute Gasteiger partial charge is 0.394 e. The van der Waals surface area contributed by atoms with E-state index in [1.54, 1.807) is 6.92 Å². The summed E-state index contributed by atoms with van der Waals surface area (Å²) in [5, 5.41) is 20.7. The van der Waals surface area contributed by atoms with Crippen molar-refractivity contribution < 1.29 is 27.5 Å². The number of aromatic nitrogens is 4. The van der Waals surface area contributed by atoms with E-state index in [0.717, 1.165) is 6.20 Å². The van der Waals surface area contributed by atoms with Gasteiger partial charge in [-0.1, -0.05) is 0 Å². The van der Waals surface area contributed by atoms with E-state index in [4.69, 9.17) is 5.11 Å². The van der Waals surface area contributed by atoms with Crippen molar-refractivity contribution in [2.24, 2.45) is 0 Å². The van der Waals surface area contributed by atoms with Gasteiger partial charge < -0.3 is 21.1 Å². The maximum absolute atomic E-state index is 14.0. The molecule has 0 saturated heterocycles. The monoisotopic (exact) mass is 453 g/mol. The molecule has 0 spiro atoms. The molecule has 0 aliphatic rings. The van der Waals surface area contributed by atoms with Gasteiger partial charge in [-0.2, -0.15) is 10.1 Å². The first-order chi connectivity index (χ1) is 15.2. The van der Waals surface area contributed by atoms with Crippen molar-refractivity contribution >= 4 is 23.4 Å². The molecule has 0 bridgehead atoms. The molecule has 32 heavy (non-hydrogen) atoms. The highest BCUT2D eigenvalue weighted by molar-refractivity contribution is 5.76. The third-order valence-corrected chi connectivity index (χ3v) is 4.16. The minimum absolute atomic E-state index is 0.0492. The lowest BCUT2D eigenvalue weighted by Crippen LogP contribution is -2.37. The van der Waals surface area contributed by atoms with Gasteiger partial charge in [0.05, 0.1) is 24.7 Å². The van der Waals surface area contributed by atoms with E-state index < -0.39 is 41.4 Å². The summed E-state index contributed by atoms with van der Waals surface area (Å²) >= 11 is 0. The molecule has 170 valence electrons. The fourth-order valence-corrected chi connectivity index (χ4v) is 2.62. The Kier molecular flexibility index (Phi) is 7.20. The average molecular weight is 453 g/mol. The van der Waals surface area contributed by atoms with Crippen LogP contribution in [0, 0.1) is 23.3 Å². The van der Waals surface area contributed by atoms with Crippen LogP contribution in [0.3, 0.4) is 0 Å². The fourth-order valence-electron chi connectivity index (χ4n) is 2.62. The molecular formula is C19H19F4N7O2. The highest BCUT2D eigenvalue weighted by atomic mass is 19.1. The van der Waals surface area contributed by atoms with Crippen LogP contribution in [0.15, 0.2) is 30.7 Å². The molecule has 3 aromatic rings. The molecule has 1 amide bonds. The molecule has 2 aromatic heterocycles. The number of nitrogens with one attached hydrogen (secondary N) is 3. The minimum atomic E-state index is -1.12. The Balaban J connectivity index is 1.65. The third-order valence-electron chi connectivity index (χ3n) is 4.16. The van der Waals surface area contributed by atoms with E-state index >= 15 is 0 Å². The van der Waals surface area contributed by atoms with Crippen LogP contribution in [0.25, 0.3) is 0 Å². The zero-order valence-electron chi connectivity index (χ0n) is 16.7. The Labute approximate surface area is 179 Å². The van der Waals surface area contributed by atoms with Crippen LogP contribution >= 0.6 is 0 Å². The van der Waals surface area contributed by atoms with Crippen LogP contribution in [0.2, 0.25) is 0 Å². The Morgan fingerprint density at radius 2 is 1.88 bits per heavy atom. The van der Waals surface area contributed by atoms with E-state index in [1.165, 1.54) is 17.1 Å². The number of hydrogen-bond donors (Lipinski definition) is 4. The molecule has 1 aromatic carbocycles. The first-order valence-corrected chi connectivity index (χ1v) is 9.34. The zero-order valence-corrected chi connectivity index (χ0v) is 16.7. The predicted molar refractivity (Wildman–Crippen MR) is 106 cm³/mol.